The van der Waals surface area contributed by atoms with E-state index in [4.69, 9.17) is 4.98 Å². The Hall–Kier alpha value is -2.92. The standard InChI is InChI=1S/C26H17IN2/c27-20-15-16-24-22(17-20)28-25-26(18-9-3-1-4-10-18,19-11-5-2-6-12-19)21-13-7-8-14-23(21)29(24)25/h1-17H. The van der Waals surface area contributed by atoms with E-state index in [-0.39, 0.29) is 0 Å². The Balaban J connectivity index is 1.84. The first-order valence-electron chi connectivity index (χ1n) is 9.69. The van der Waals surface area contributed by atoms with Crippen LogP contribution in [0.5, 0.6) is 0 Å². The summed E-state index contributed by atoms with van der Waals surface area (Å²) in [6.07, 6.45) is 0. The number of fused-ring (bicyclic) bond motifs is 5. The maximum absolute atomic E-state index is 5.23. The van der Waals surface area contributed by atoms with Gasteiger partial charge in [0, 0.05) is 3.57 Å². The van der Waals surface area contributed by atoms with Crippen molar-refractivity contribution in [3.63, 3.8) is 0 Å². The van der Waals surface area contributed by atoms with Gasteiger partial charge in [-0.15, -0.1) is 0 Å². The zero-order chi connectivity index (χ0) is 19.4. The molecule has 0 unspecified atom stereocenters. The second-order valence-electron chi connectivity index (χ2n) is 7.40. The number of rotatable bonds is 2. The van der Waals surface area contributed by atoms with Crippen LogP contribution in [0.3, 0.4) is 0 Å². The van der Waals surface area contributed by atoms with Gasteiger partial charge in [-0.05, 0) is 63.5 Å². The molecule has 6 rings (SSSR count). The van der Waals surface area contributed by atoms with Gasteiger partial charge in [0.2, 0.25) is 0 Å². The fourth-order valence-corrected chi connectivity index (χ4v) is 5.24. The van der Waals surface area contributed by atoms with Gasteiger partial charge in [-0.25, -0.2) is 4.98 Å². The van der Waals surface area contributed by atoms with Crippen LogP contribution in [-0.4, -0.2) is 9.55 Å². The number of imidazole rings is 1. The summed E-state index contributed by atoms with van der Waals surface area (Å²) < 4.78 is 3.55. The lowest BCUT2D eigenvalue weighted by molar-refractivity contribution is 0.718. The average Bonchev–Trinajstić information content (AvgIpc) is 3.28. The summed E-state index contributed by atoms with van der Waals surface area (Å²) in [4.78, 5) is 5.23. The van der Waals surface area contributed by atoms with Gasteiger partial charge in [0.1, 0.15) is 11.2 Å². The molecule has 2 nitrogen and oxygen atoms in total. The molecule has 2 heterocycles. The first-order valence-corrected chi connectivity index (χ1v) is 10.8. The van der Waals surface area contributed by atoms with Crippen molar-refractivity contribution in [3.05, 3.63) is 129 Å². The van der Waals surface area contributed by atoms with Gasteiger partial charge >= 0.3 is 0 Å². The molecule has 138 valence electrons. The van der Waals surface area contributed by atoms with Crippen molar-refractivity contribution in [1.29, 1.82) is 0 Å². The number of halogens is 1. The molecular formula is C26H17IN2. The molecule has 0 saturated heterocycles. The number of para-hydroxylation sites is 1. The Bertz CT molecular complexity index is 1310. The van der Waals surface area contributed by atoms with Crippen molar-refractivity contribution in [2.75, 3.05) is 0 Å². The molecule has 5 aromatic rings. The molecular weight excluding hydrogens is 467 g/mol. The molecule has 3 heteroatoms. The van der Waals surface area contributed by atoms with E-state index in [0.717, 1.165) is 16.9 Å². The average molecular weight is 484 g/mol. The van der Waals surface area contributed by atoms with E-state index in [1.165, 1.54) is 25.9 Å². The minimum absolute atomic E-state index is 0.441. The van der Waals surface area contributed by atoms with Crippen LogP contribution in [0.4, 0.5) is 0 Å². The summed E-state index contributed by atoms with van der Waals surface area (Å²) in [5.41, 5.74) is 6.71. The molecule has 29 heavy (non-hydrogen) atoms. The molecule has 4 aromatic carbocycles. The summed E-state index contributed by atoms with van der Waals surface area (Å²) >= 11 is 2.36. The van der Waals surface area contributed by atoms with Crippen LogP contribution in [0.15, 0.2) is 103 Å². The molecule has 0 bridgehead atoms. The Kier molecular flexibility index (Phi) is 3.68. The van der Waals surface area contributed by atoms with Crippen LogP contribution in [0.1, 0.15) is 22.5 Å². The SMILES string of the molecule is Ic1ccc2c(c1)nc1n2-c2ccccc2C1(c1ccccc1)c1ccccc1. The van der Waals surface area contributed by atoms with Crippen molar-refractivity contribution in [3.8, 4) is 5.69 Å². The van der Waals surface area contributed by atoms with Gasteiger partial charge in [-0.3, -0.25) is 4.57 Å². The highest BCUT2D eigenvalue weighted by Gasteiger charge is 2.48. The summed E-state index contributed by atoms with van der Waals surface area (Å²) in [5.74, 6) is 1.06. The minimum Gasteiger partial charge on any atom is -0.295 e. The number of benzene rings is 4. The number of hydrogen-bond acceptors (Lipinski definition) is 1. The van der Waals surface area contributed by atoms with E-state index in [1.54, 1.807) is 0 Å². The van der Waals surface area contributed by atoms with Crippen molar-refractivity contribution in [2.45, 2.75) is 5.41 Å². The van der Waals surface area contributed by atoms with E-state index < -0.39 is 5.41 Å². The molecule has 0 atom stereocenters. The quantitative estimate of drug-likeness (QED) is 0.263. The first-order chi connectivity index (χ1) is 14.3. The van der Waals surface area contributed by atoms with E-state index in [0.29, 0.717) is 0 Å². The molecule has 0 amide bonds. The fourth-order valence-electron chi connectivity index (χ4n) is 4.77. The highest BCUT2D eigenvalue weighted by molar-refractivity contribution is 14.1. The fraction of sp³-hybridized carbons (Fsp3) is 0.0385. The van der Waals surface area contributed by atoms with Crippen molar-refractivity contribution < 1.29 is 0 Å². The highest BCUT2D eigenvalue weighted by atomic mass is 127. The van der Waals surface area contributed by atoms with Gasteiger partial charge in [0.15, 0.2) is 0 Å². The molecule has 1 aromatic heterocycles. The van der Waals surface area contributed by atoms with Crippen LogP contribution in [0.2, 0.25) is 0 Å². The third kappa shape index (κ3) is 2.25. The second-order valence-corrected chi connectivity index (χ2v) is 8.65. The number of nitrogens with zero attached hydrogens (tertiary/aromatic N) is 2. The Labute approximate surface area is 183 Å². The Morgan fingerprint density at radius 3 is 2.00 bits per heavy atom. The van der Waals surface area contributed by atoms with Crippen LogP contribution in [0, 0.1) is 3.57 Å². The number of hydrogen-bond donors (Lipinski definition) is 0. The third-order valence-corrected chi connectivity index (χ3v) is 6.59. The van der Waals surface area contributed by atoms with Gasteiger partial charge in [-0.1, -0.05) is 78.9 Å². The van der Waals surface area contributed by atoms with Crippen molar-refractivity contribution >= 4 is 33.6 Å². The second kappa shape index (κ2) is 6.29. The summed E-state index contributed by atoms with van der Waals surface area (Å²) in [6.45, 7) is 0. The lowest BCUT2D eigenvalue weighted by Crippen LogP contribution is -2.29. The van der Waals surface area contributed by atoms with E-state index in [2.05, 4.69) is 130 Å². The zero-order valence-electron chi connectivity index (χ0n) is 15.6. The lowest BCUT2D eigenvalue weighted by atomic mass is 9.70. The molecule has 0 spiro atoms. The van der Waals surface area contributed by atoms with Crippen LogP contribution in [0.25, 0.3) is 16.7 Å². The topological polar surface area (TPSA) is 17.8 Å². The largest absolute Gasteiger partial charge is 0.295 e. The monoisotopic (exact) mass is 484 g/mol. The predicted molar refractivity (Wildman–Crippen MR) is 126 cm³/mol. The summed E-state index contributed by atoms with van der Waals surface area (Å²) in [6, 6.07) is 36.8. The van der Waals surface area contributed by atoms with Crippen LogP contribution < -0.4 is 0 Å². The Morgan fingerprint density at radius 2 is 1.31 bits per heavy atom. The zero-order valence-corrected chi connectivity index (χ0v) is 17.7. The van der Waals surface area contributed by atoms with E-state index in [1.807, 2.05) is 0 Å². The third-order valence-electron chi connectivity index (χ3n) is 5.91. The Morgan fingerprint density at radius 1 is 0.690 bits per heavy atom. The van der Waals surface area contributed by atoms with Gasteiger partial charge in [-0.2, -0.15) is 0 Å². The van der Waals surface area contributed by atoms with Crippen LogP contribution in [-0.2, 0) is 5.41 Å². The lowest BCUT2D eigenvalue weighted by Gasteiger charge is -2.30. The number of aromatic nitrogens is 2. The van der Waals surface area contributed by atoms with Crippen molar-refractivity contribution in [2.24, 2.45) is 0 Å². The normalized spacial score (nSPS) is 14.0. The maximum atomic E-state index is 5.23. The molecule has 1 aliphatic heterocycles. The van der Waals surface area contributed by atoms with Crippen LogP contribution >= 0.6 is 22.6 Å². The molecule has 1 aliphatic rings. The molecule has 0 saturated carbocycles. The smallest absolute Gasteiger partial charge is 0.134 e. The highest BCUT2D eigenvalue weighted by Crippen LogP contribution is 2.52. The first kappa shape index (κ1) is 17.0. The predicted octanol–water partition coefficient (Wildman–Crippen LogP) is 6.33. The van der Waals surface area contributed by atoms with E-state index >= 15 is 0 Å². The van der Waals surface area contributed by atoms with E-state index in [9.17, 15) is 0 Å². The minimum atomic E-state index is -0.441. The molecule has 0 fully saturated rings. The maximum Gasteiger partial charge on any atom is 0.134 e. The van der Waals surface area contributed by atoms with Crippen molar-refractivity contribution in [1.82, 2.24) is 9.55 Å². The van der Waals surface area contributed by atoms with Gasteiger partial charge < -0.3 is 0 Å². The molecule has 0 aliphatic carbocycles. The molecule has 0 N–H and O–H groups in total. The van der Waals surface area contributed by atoms with Gasteiger partial charge in [0.05, 0.1) is 16.7 Å². The molecule has 0 radical (unpaired) electrons. The summed E-state index contributed by atoms with van der Waals surface area (Å²) in [7, 11) is 0. The summed E-state index contributed by atoms with van der Waals surface area (Å²) in [5, 5.41) is 0. The van der Waals surface area contributed by atoms with Gasteiger partial charge in [0.25, 0.3) is 0 Å².